The van der Waals surface area contributed by atoms with E-state index in [1.165, 1.54) is 52.5 Å². The number of urea groups is 1. The summed E-state index contributed by atoms with van der Waals surface area (Å²) in [6, 6.07) is 7.86. The van der Waals surface area contributed by atoms with Crippen molar-refractivity contribution >= 4 is 23.5 Å². The van der Waals surface area contributed by atoms with Gasteiger partial charge in [0.1, 0.15) is 5.82 Å². The Balaban J connectivity index is 1.82. The molecule has 4 N–H and O–H groups in total. The van der Waals surface area contributed by atoms with Gasteiger partial charge in [-0.15, -0.1) is 0 Å². The summed E-state index contributed by atoms with van der Waals surface area (Å²) in [4.78, 5) is 44.8. The molecule has 3 rings (SSSR count). The predicted octanol–water partition coefficient (Wildman–Crippen LogP) is 0.612. The minimum atomic E-state index is -1.16. The van der Waals surface area contributed by atoms with E-state index >= 15 is 0 Å². The maximum absolute atomic E-state index is 13.4. The molecular formula is C19H21FN6O3. The lowest BCUT2D eigenvalue weighted by Crippen LogP contribution is -2.55. The summed E-state index contributed by atoms with van der Waals surface area (Å²) < 4.78 is 13.4. The van der Waals surface area contributed by atoms with E-state index < -0.39 is 29.8 Å². The molecule has 0 bridgehead atoms. The fourth-order valence-electron chi connectivity index (χ4n) is 3.05. The van der Waals surface area contributed by atoms with Crippen molar-refractivity contribution in [2.24, 2.45) is 5.73 Å². The smallest absolute Gasteiger partial charge is 0.323 e. The number of nitrogens with two attached hydrogens (primary N) is 1. The first-order chi connectivity index (χ1) is 14.0. The van der Waals surface area contributed by atoms with E-state index in [-0.39, 0.29) is 31.9 Å². The first-order valence-electron chi connectivity index (χ1n) is 9.03. The molecule has 1 aliphatic heterocycles. The van der Waals surface area contributed by atoms with E-state index in [1.807, 2.05) is 0 Å². The Morgan fingerprint density at radius 3 is 2.55 bits per heavy atom. The van der Waals surface area contributed by atoms with E-state index in [2.05, 4.69) is 15.6 Å². The zero-order chi connectivity index (χ0) is 20.8. The normalized spacial score (nSPS) is 15.9. The van der Waals surface area contributed by atoms with Gasteiger partial charge < -0.3 is 21.3 Å². The Morgan fingerprint density at radius 2 is 1.86 bits per heavy atom. The van der Waals surface area contributed by atoms with Crippen molar-refractivity contribution in [2.45, 2.75) is 6.17 Å². The topological polar surface area (TPSA) is 121 Å². The fraction of sp³-hybridized carbons (Fsp3) is 0.263. The van der Waals surface area contributed by atoms with E-state index in [0.29, 0.717) is 5.56 Å². The number of carbonyl (C=O) groups excluding carboxylic acids is 3. The van der Waals surface area contributed by atoms with Gasteiger partial charge in [-0.2, -0.15) is 0 Å². The first-order valence-corrected chi connectivity index (χ1v) is 9.03. The number of amides is 4. The Labute approximate surface area is 166 Å². The van der Waals surface area contributed by atoms with Crippen LogP contribution >= 0.6 is 0 Å². The Morgan fingerprint density at radius 1 is 1.14 bits per heavy atom. The zero-order valence-corrected chi connectivity index (χ0v) is 15.5. The van der Waals surface area contributed by atoms with Gasteiger partial charge in [0.25, 0.3) is 11.8 Å². The molecular weight excluding hydrogens is 379 g/mol. The van der Waals surface area contributed by atoms with Crippen LogP contribution in [-0.2, 0) is 4.79 Å². The van der Waals surface area contributed by atoms with Crippen molar-refractivity contribution in [3.63, 3.8) is 0 Å². The number of benzene rings is 1. The minimum Gasteiger partial charge on any atom is -0.351 e. The van der Waals surface area contributed by atoms with E-state index in [0.717, 1.165) is 6.07 Å². The molecule has 1 aliphatic rings. The maximum atomic E-state index is 13.4. The van der Waals surface area contributed by atoms with Gasteiger partial charge >= 0.3 is 6.03 Å². The average Bonchev–Trinajstić information content (AvgIpc) is 3.17. The molecule has 2 heterocycles. The summed E-state index contributed by atoms with van der Waals surface area (Å²) in [7, 11) is 0. The van der Waals surface area contributed by atoms with Crippen LogP contribution in [0.15, 0.2) is 48.8 Å². The lowest BCUT2D eigenvalue weighted by atomic mass is 10.2. The molecule has 0 spiro atoms. The second-order valence-electron chi connectivity index (χ2n) is 6.32. The van der Waals surface area contributed by atoms with E-state index in [9.17, 15) is 18.8 Å². The highest BCUT2D eigenvalue weighted by Gasteiger charge is 2.42. The fourth-order valence-corrected chi connectivity index (χ4v) is 3.05. The van der Waals surface area contributed by atoms with Crippen LogP contribution in [-0.4, -0.2) is 65.0 Å². The summed E-state index contributed by atoms with van der Waals surface area (Å²) in [5.41, 5.74) is 6.04. The molecule has 1 unspecified atom stereocenters. The number of anilines is 1. The van der Waals surface area contributed by atoms with Crippen LogP contribution in [0.5, 0.6) is 0 Å². The van der Waals surface area contributed by atoms with Crippen molar-refractivity contribution in [1.82, 2.24) is 20.1 Å². The lowest BCUT2D eigenvalue weighted by molar-refractivity contribution is -0.127. The number of rotatable bonds is 5. The summed E-state index contributed by atoms with van der Waals surface area (Å²) in [6.45, 7) is 0.718. The molecule has 0 saturated carbocycles. The van der Waals surface area contributed by atoms with Crippen LogP contribution in [0, 0.1) is 5.82 Å². The molecule has 29 heavy (non-hydrogen) atoms. The number of hydrogen-bond donors (Lipinski definition) is 3. The Kier molecular flexibility index (Phi) is 6.35. The molecule has 4 amide bonds. The Hall–Kier alpha value is -3.53. The molecule has 9 nitrogen and oxygen atoms in total. The maximum Gasteiger partial charge on any atom is 0.323 e. The number of nitrogens with zero attached hydrogens (tertiary/aromatic N) is 3. The van der Waals surface area contributed by atoms with Gasteiger partial charge in [-0.1, -0.05) is 6.07 Å². The van der Waals surface area contributed by atoms with Crippen molar-refractivity contribution in [2.75, 3.05) is 31.5 Å². The van der Waals surface area contributed by atoms with Crippen LogP contribution < -0.4 is 16.4 Å². The zero-order valence-electron chi connectivity index (χ0n) is 15.5. The first kappa shape index (κ1) is 20.2. The van der Waals surface area contributed by atoms with Crippen molar-refractivity contribution in [1.29, 1.82) is 0 Å². The second kappa shape index (κ2) is 9.11. The molecule has 2 aromatic rings. The molecule has 10 heteroatoms. The van der Waals surface area contributed by atoms with E-state index in [1.54, 1.807) is 0 Å². The predicted molar refractivity (Wildman–Crippen MR) is 103 cm³/mol. The molecule has 1 aromatic heterocycles. The molecule has 1 fully saturated rings. The third kappa shape index (κ3) is 4.66. The quantitative estimate of drug-likeness (QED) is 0.679. The number of carbonyl (C=O) groups is 3. The van der Waals surface area contributed by atoms with Crippen molar-refractivity contribution in [3.05, 3.63) is 60.2 Å². The van der Waals surface area contributed by atoms with Gasteiger partial charge in [0.05, 0.1) is 0 Å². The number of nitrogens with one attached hydrogen (secondary N) is 2. The van der Waals surface area contributed by atoms with E-state index in [4.69, 9.17) is 5.73 Å². The standard InChI is InChI=1S/C19H21FN6O3/c20-14-2-1-3-15(12-14)24-19(29)26-11-10-25(17(26)16(27)23-9-6-21)18(28)13-4-7-22-8-5-13/h1-5,7-8,12,17H,6,9-11,21H2,(H,23,27)(H,24,29). The SMILES string of the molecule is NCCNC(=O)C1N(C(=O)Nc2cccc(F)c2)CCN1C(=O)c1ccncc1. The van der Waals surface area contributed by atoms with Crippen LogP contribution in [0.2, 0.25) is 0 Å². The van der Waals surface area contributed by atoms with Crippen LogP contribution in [0.4, 0.5) is 14.9 Å². The molecule has 1 atom stereocenters. The third-order valence-corrected chi connectivity index (χ3v) is 4.38. The minimum absolute atomic E-state index is 0.138. The average molecular weight is 400 g/mol. The Bertz CT molecular complexity index is 895. The molecule has 1 saturated heterocycles. The number of aromatic nitrogens is 1. The second-order valence-corrected chi connectivity index (χ2v) is 6.32. The van der Waals surface area contributed by atoms with Gasteiger partial charge in [0, 0.05) is 49.8 Å². The van der Waals surface area contributed by atoms with Crippen LogP contribution in [0.3, 0.4) is 0 Å². The van der Waals surface area contributed by atoms with Gasteiger partial charge in [0.2, 0.25) is 0 Å². The highest BCUT2D eigenvalue weighted by molar-refractivity contribution is 6.00. The van der Waals surface area contributed by atoms with Crippen molar-refractivity contribution in [3.8, 4) is 0 Å². The summed E-state index contributed by atoms with van der Waals surface area (Å²) in [6.07, 6.45) is 1.79. The number of hydrogen-bond acceptors (Lipinski definition) is 5. The van der Waals surface area contributed by atoms with Crippen molar-refractivity contribution < 1.29 is 18.8 Å². The highest BCUT2D eigenvalue weighted by atomic mass is 19.1. The summed E-state index contributed by atoms with van der Waals surface area (Å²) in [5.74, 6) is -1.43. The lowest BCUT2D eigenvalue weighted by Gasteiger charge is -2.29. The van der Waals surface area contributed by atoms with Gasteiger partial charge in [-0.05, 0) is 30.3 Å². The van der Waals surface area contributed by atoms with Gasteiger partial charge in [0.15, 0.2) is 6.17 Å². The third-order valence-electron chi connectivity index (χ3n) is 4.38. The molecule has 152 valence electrons. The monoisotopic (exact) mass is 400 g/mol. The van der Waals surface area contributed by atoms with Gasteiger partial charge in [-0.3, -0.25) is 19.5 Å². The van der Waals surface area contributed by atoms with Gasteiger partial charge in [-0.25, -0.2) is 9.18 Å². The molecule has 1 aromatic carbocycles. The number of halogens is 1. The van der Waals surface area contributed by atoms with Crippen LogP contribution in [0.25, 0.3) is 0 Å². The summed E-state index contributed by atoms with van der Waals surface area (Å²) >= 11 is 0. The molecule has 0 radical (unpaired) electrons. The largest absolute Gasteiger partial charge is 0.351 e. The summed E-state index contributed by atoms with van der Waals surface area (Å²) in [5, 5.41) is 5.18. The number of pyridine rings is 1. The molecule has 0 aliphatic carbocycles. The highest BCUT2D eigenvalue weighted by Crippen LogP contribution is 2.20. The van der Waals surface area contributed by atoms with Crippen LogP contribution in [0.1, 0.15) is 10.4 Å².